The summed E-state index contributed by atoms with van der Waals surface area (Å²) in [6.45, 7) is 3.13. The Labute approximate surface area is 150 Å². The molecule has 0 saturated carbocycles. The minimum absolute atomic E-state index is 0.0127. The van der Waals surface area contributed by atoms with E-state index in [4.69, 9.17) is 4.74 Å². The van der Waals surface area contributed by atoms with Gasteiger partial charge in [0.2, 0.25) is 0 Å². The Kier molecular flexibility index (Phi) is 6.43. The van der Waals surface area contributed by atoms with Gasteiger partial charge in [-0.2, -0.15) is 0 Å². The molecule has 2 aromatic carbocycles. The quantitative estimate of drug-likeness (QED) is 0.805. The highest BCUT2D eigenvalue weighted by Crippen LogP contribution is 2.11. The molecule has 3 amide bonds. The Morgan fingerprint density at radius 2 is 1.81 bits per heavy atom. The van der Waals surface area contributed by atoms with Gasteiger partial charge in [-0.1, -0.05) is 36.4 Å². The van der Waals surface area contributed by atoms with Crippen molar-refractivity contribution in [3.8, 4) is 0 Å². The van der Waals surface area contributed by atoms with E-state index in [9.17, 15) is 18.8 Å². The van der Waals surface area contributed by atoms with E-state index in [1.807, 2.05) is 30.3 Å². The fraction of sp³-hybridized carbons (Fsp3) is 0.211. The number of carbonyl (C=O) groups excluding carboxylic acids is 3. The molecular weight excluding hydrogens is 339 g/mol. The maximum Gasteiger partial charge on any atom is 0.339 e. The summed E-state index contributed by atoms with van der Waals surface area (Å²) >= 11 is 0. The molecule has 2 N–H and O–H groups in total. The largest absolute Gasteiger partial charge is 0.449 e. The lowest BCUT2D eigenvalue weighted by Gasteiger charge is -2.13. The topological polar surface area (TPSA) is 84.5 Å². The van der Waals surface area contributed by atoms with Crippen LogP contribution in [0.15, 0.2) is 48.5 Å². The number of nitrogens with one attached hydrogen (secondary N) is 2. The van der Waals surface area contributed by atoms with Crippen LogP contribution in [-0.4, -0.2) is 24.0 Å². The lowest BCUT2D eigenvalue weighted by molar-refractivity contribution is -0.127. The Morgan fingerprint density at radius 1 is 1.12 bits per heavy atom. The van der Waals surface area contributed by atoms with Gasteiger partial charge in [0.1, 0.15) is 5.82 Å². The van der Waals surface area contributed by atoms with Crippen LogP contribution in [0.5, 0.6) is 0 Å². The monoisotopic (exact) mass is 358 g/mol. The van der Waals surface area contributed by atoms with Crippen LogP contribution < -0.4 is 10.6 Å². The second kappa shape index (κ2) is 8.75. The Balaban J connectivity index is 1.83. The molecule has 0 unspecified atom stereocenters. The van der Waals surface area contributed by atoms with Crippen molar-refractivity contribution >= 4 is 17.9 Å². The van der Waals surface area contributed by atoms with Crippen molar-refractivity contribution in [2.24, 2.45) is 0 Å². The molecule has 0 aliphatic heterocycles. The average molecular weight is 358 g/mol. The third-order valence-electron chi connectivity index (χ3n) is 3.59. The number of amides is 3. The average Bonchev–Trinajstić information content (AvgIpc) is 2.63. The first-order valence-corrected chi connectivity index (χ1v) is 7.96. The van der Waals surface area contributed by atoms with Crippen molar-refractivity contribution in [2.75, 3.05) is 0 Å². The van der Waals surface area contributed by atoms with E-state index >= 15 is 0 Å². The second-order valence-corrected chi connectivity index (χ2v) is 5.67. The lowest BCUT2D eigenvalue weighted by atomic mass is 10.1. The van der Waals surface area contributed by atoms with E-state index in [1.165, 1.54) is 19.1 Å². The number of hydrogen-bond donors (Lipinski definition) is 2. The SMILES string of the molecule is Cc1ccc(C(=O)O[C@H](C)C(=O)NC(=O)NCc2ccccc2)cc1F. The van der Waals surface area contributed by atoms with E-state index in [0.29, 0.717) is 5.56 Å². The molecule has 0 aromatic heterocycles. The van der Waals surface area contributed by atoms with E-state index in [2.05, 4.69) is 10.6 Å². The van der Waals surface area contributed by atoms with Crippen LogP contribution in [0.1, 0.15) is 28.4 Å². The van der Waals surface area contributed by atoms with Crippen LogP contribution in [0.2, 0.25) is 0 Å². The number of aryl methyl sites for hydroxylation is 1. The van der Waals surface area contributed by atoms with Crippen molar-refractivity contribution in [3.63, 3.8) is 0 Å². The minimum atomic E-state index is -1.21. The van der Waals surface area contributed by atoms with Gasteiger partial charge in [-0.3, -0.25) is 10.1 Å². The van der Waals surface area contributed by atoms with Crippen LogP contribution in [0.3, 0.4) is 0 Å². The molecule has 1 atom stereocenters. The number of imide groups is 1. The van der Waals surface area contributed by atoms with Crippen LogP contribution in [0, 0.1) is 12.7 Å². The Morgan fingerprint density at radius 3 is 2.46 bits per heavy atom. The molecule has 0 saturated heterocycles. The standard InChI is InChI=1S/C19H19FN2O4/c1-12-8-9-15(10-16(12)20)18(24)26-13(2)17(23)22-19(25)21-11-14-6-4-3-5-7-14/h3-10,13H,11H2,1-2H3,(H2,21,22,23,25)/t13-/m1/s1. The van der Waals surface area contributed by atoms with Crippen LogP contribution >= 0.6 is 0 Å². The number of ether oxygens (including phenoxy) is 1. The first kappa shape index (κ1) is 19.1. The zero-order chi connectivity index (χ0) is 19.1. The zero-order valence-electron chi connectivity index (χ0n) is 14.4. The van der Waals surface area contributed by atoms with Gasteiger partial charge in [-0.05, 0) is 37.1 Å². The second-order valence-electron chi connectivity index (χ2n) is 5.67. The van der Waals surface area contributed by atoms with Crippen LogP contribution in [0.25, 0.3) is 0 Å². The Hall–Kier alpha value is -3.22. The molecule has 6 nitrogen and oxygen atoms in total. The van der Waals surface area contributed by atoms with Crippen molar-refractivity contribution < 1.29 is 23.5 Å². The van der Waals surface area contributed by atoms with Crippen LogP contribution in [0.4, 0.5) is 9.18 Å². The third kappa shape index (κ3) is 5.41. The smallest absolute Gasteiger partial charge is 0.339 e. The van der Waals surface area contributed by atoms with E-state index in [0.717, 1.165) is 11.6 Å². The van der Waals surface area contributed by atoms with Gasteiger partial charge in [0.25, 0.3) is 5.91 Å². The molecule has 136 valence electrons. The molecule has 0 spiro atoms. The van der Waals surface area contributed by atoms with E-state index in [1.54, 1.807) is 6.92 Å². The molecule has 0 aliphatic carbocycles. The van der Waals surface area contributed by atoms with Gasteiger partial charge in [0.15, 0.2) is 6.10 Å². The molecule has 2 aromatic rings. The summed E-state index contributed by atoms with van der Waals surface area (Å²) in [6.07, 6.45) is -1.21. The summed E-state index contributed by atoms with van der Waals surface area (Å²) in [4.78, 5) is 35.6. The molecule has 0 aliphatic rings. The maximum absolute atomic E-state index is 13.5. The molecule has 0 fully saturated rings. The van der Waals surface area contributed by atoms with Gasteiger partial charge in [-0.25, -0.2) is 14.0 Å². The molecule has 0 radical (unpaired) electrons. The van der Waals surface area contributed by atoms with Gasteiger partial charge >= 0.3 is 12.0 Å². The summed E-state index contributed by atoms with van der Waals surface area (Å²) in [7, 11) is 0. The Bertz CT molecular complexity index is 808. The predicted molar refractivity (Wildman–Crippen MR) is 92.8 cm³/mol. The number of urea groups is 1. The van der Waals surface area contributed by atoms with Gasteiger partial charge in [0.05, 0.1) is 5.56 Å². The highest BCUT2D eigenvalue weighted by atomic mass is 19.1. The van der Waals surface area contributed by atoms with Gasteiger partial charge in [0, 0.05) is 6.54 Å². The van der Waals surface area contributed by atoms with Crippen molar-refractivity contribution in [2.45, 2.75) is 26.5 Å². The maximum atomic E-state index is 13.5. The van der Waals surface area contributed by atoms with Gasteiger partial charge < -0.3 is 10.1 Å². The minimum Gasteiger partial charge on any atom is -0.449 e. The fourth-order valence-corrected chi connectivity index (χ4v) is 2.04. The number of benzene rings is 2. The number of esters is 1. The van der Waals surface area contributed by atoms with Crippen molar-refractivity contribution in [1.82, 2.24) is 10.6 Å². The molecule has 0 bridgehead atoms. The summed E-state index contributed by atoms with van der Waals surface area (Å²) in [5.41, 5.74) is 1.25. The highest BCUT2D eigenvalue weighted by molar-refractivity contribution is 5.98. The number of rotatable bonds is 5. The number of carbonyl (C=O) groups is 3. The molecular formula is C19H19FN2O4. The summed E-state index contributed by atoms with van der Waals surface area (Å²) in [5.74, 6) is -2.18. The number of halogens is 1. The van der Waals surface area contributed by atoms with E-state index < -0.39 is 29.8 Å². The summed E-state index contributed by atoms with van der Waals surface area (Å²) < 4.78 is 18.5. The predicted octanol–water partition coefficient (Wildman–Crippen LogP) is 2.71. The third-order valence-corrected chi connectivity index (χ3v) is 3.59. The normalized spacial score (nSPS) is 11.3. The first-order valence-electron chi connectivity index (χ1n) is 7.96. The van der Waals surface area contributed by atoms with E-state index in [-0.39, 0.29) is 12.1 Å². The molecule has 2 rings (SSSR count). The number of hydrogen-bond acceptors (Lipinski definition) is 4. The van der Waals surface area contributed by atoms with Crippen molar-refractivity contribution in [1.29, 1.82) is 0 Å². The fourth-order valence-electron chi connectivity index (χ4n) is 2.04. The van der Waals surface area contributed by atoms with Gasteiger partial charge in [-0.15, -0.1) is 0 Å². The summed E-state index contributed by atoms with van der Waals surface area (Å²) in [5, 5.41) is 4.61. The first-order chi connectivity index (χ1) is 12.4. The lowest BCUT2D eigenvalue weighted by Crippen LogP contribution is -2.44. The molecule has 7 heteroatoms. The summed E-state index contributed by atoms with van der Waals surface area (Å²) in [6, 6.07) is 12.3. The van der Waals surface area contributed by atoms with Crippen molar-refractivity contribution in [3.05, 3.63) is 71.0 Å². The zero-order valence-corrected chi connectivity index (χ0v) is 14.4. The molecule has 26 heavy (non-hydrogen) atoms. The molecule has 0 heterocycles. The highest BCUT2D eigenvalue weighted by Gasteiger charge is 2.21. The van der Waals surface area contributed by atoms with Crippen LogP contribution in [-0.2, 0) is 16.1 Å².